The molecule has 0 aliphatic heterocycles. The van der Waals surface area contributed by atoms with Gasteiger partial charge in [0.25, 0.3) is 10.0 Å². The van der Waals surface area contributed by atoms with Gasteiger partial charge in [-0.15, -0.1) is 0 Å². The molecule has 0 amide bonds. The molecule has 1 atom stereocenters. The van der Waals surface area contributed by atoms with Crippen LogP contribution in [0.25, 0.3) is 0 Å². The summed E-state index contributed by atoms with van der Waals surface area (Å²) in [7, 11) is 1.34. The number of halogens is 4. The van der Waals surface area contributed by atoms with Gasteiger partial charge in [-0.25, -0.2) is 8.42 Å². The van der Waals surface area contributed by atoms with Crippen LogP contribution in [0.2, 0.25) is 5.02 Å². The topological polar surface area (TPSA) is 58.6 Å². The van der Waals surface area contributed by atoms with Crippen LogP contribution in [-0.2, 0) is 29.0 Å². The summed E-state index contributed by atoms with van der Waals surface area (Å²) < 4.78 is 72.3. The van der Waals surface area contributed by atoms with Crippen molar-refractivity contribution in [3.63, 3.8) is 0 Å². The third kappa shape index (κ3) is 4.53. The average molecular weight is 463 g/mol. The van der Waals surface area contributed by atoms with Crippen molar-refractivity contribution in [2.75, 3.05) is 25.9 Å². The third-order valence-electron chi connectivity index (χ3n) is 5.30. The molecule has 1 aliphatic carbocycles. The molecule has 1 aliphatic rings. The Morgan fingerprint density at radius 3 is 2.43 bits per heavy atom. The summed E-state index contributed by atoms with van der Waals surface area (Å²) >= 11 is 5.89. The van der Waals surface area contributed by atoms with Gasteiger partial charge in [0.05, 0.1) is 23.4 Å². The fourth-order valence-corrected chi connectivity index (χ4v) is 5.29. The first-order chi connectivity index (χ1) is 13.9. The zero-order valence-corrected chi connectivity index (χ0v) is 18.2. The van der Waals surface area contributed by atoms with Crippen molar-refractivity contribution in [1.82, 2.24) is 4.90 Å². The largest absolute Gasteiger partial charge is 0.496 e. The molecule has 5 nitrogen and oxygen atoms in total. The van der Waals surface area contributed by atoms with Gasteiger partial charge in [0.1, 0.15) is 10.6 Å². The molecular formula is C20H22ClF3N2O3S. The molecule has 0 unspecified atom stereocenters. The summed E-state index contributed by atoms with van der Waals surface area (Å²) in [6, 6.07) is 5.76. The molecule has 0 heterocycles. The van der Waals surface area contributed by atoms with E-state index in [0.717, 1.165) is 23.6 Å². The number of hydrogen-bond acceptors (Lipinski definition) is 4. The minimum absolute atomic E-state index is 0.294. The predicted octanol–water partition coefficient (Wildman–Crippen LogP) is 4.59. The van der Waals surface area contributed by atoms with E-state index in [0.29, 0.717) is 42.5 Å². The lowest BCUT2D eigenvalue weighted by Gasteiger charge is -2.32. The number of alkyl halides is 3. The van der Waals surface area contributed by atoms with E-state index in [-0.39, 0.29) is 0 Å². The molecule has 0 fully saturated rings. The highest BCUT2D eigenvalue weighted by Crippen LogP contribution is 2.38. The highest BCUT2D eigenvalue weighted by atomic mass is 35.5. The van der Waals surface area contributed by atoms with Crippen LogP contribution in [0.1, 0.15) is 23.1 Å². The number of hydrogen-bond donors (Lipinski definition) is 1. The van der Waals surface area contributed by atoms with Crippen LogP contribution >= 0.6 is 11.6 Å². The van der Waals surface area contributed by atoms with Crippen LogP contribution in [0.15, 0.2) is 35.2 Å². The molecule has 0 saturated carbocycles. The van der Waals surface area contributed by atoms with Crippen molar-refractivity contribution in [1.29, 1.82) is 0 Å². The molecule has 0 bridgehead atoms. The van der Waals surface area contributed by atoms with E-state index in [4.69, 9.17) is 16.3 Å². The first-order valence-electron chi connectivity index (χ1n) is 9.18. The second-order valence-corrected chi connectivity index (χ2v) is 9.44. The van der Waals surface area contributed by atoms with E-state index in [1.807, 2.05) is 14.1 Å². The van der Waals surface area contributed by atoms with E-state index in [1.54, 1.807) is 19.2 Å². The lowest BCUT2D eigenvalue weighted by molar-refractivity contribution is -0.137. The fourth-order valence-electron chi connectivity index (χ4n) is 3.65. The number of benzene rings is 2. The first kappa shape index (κ1) is 22.7. The molecule has 10 heteroatoms. The summed E-state index contributed by atoms with van der Waals surface area (Å²) in [6.45, 7) is 0. The molecular weight excluding hydrogens is 441 g/mol. The fraction of sp³-hybridized carbons (Fsp3) is 0.400. The highest BCUT2D eigenvalue weighted by Gasteiger charge is 2.32. The van der Waals surface area contributed by atoms with Crippen molar-refractivity contribution in [2.24, 2.45) is 0 Å². The molecule has 3 rings (SSSR count). The lowest BCUT2D eigenvalue weighted by Crippen LogP contribution is -2.34. The van der Waals surface area contributed by atoms with E-state index >= 15 is 0 Å². The number of ether oxygens (including phenoxy) is 1. The van der Waals surface area contributed by atoms with Gasteiger partial charge >= 0.3 is 6.18 Å². The summed E-state index contributed by atoms with van der Waals surface area (Å²) in [4.78, 5) is 1.70. The van der Waals surface area contributed by atoms with E-state index in [9.17, 15) is 21.6 Å². The van der Waals surface area contributed by atoms with Gasteiger partial charge in [-0.2, -0.15) is 13.2 Å². The Morgan fingerprint density at radius 1 is 1.17 bits per heavy atom. The Kier molecular flexibility index (Phi) is 6.27. The van der Waals surface area contributed by atoms with Crippen LogP contribution < -0.4 is 9.46 Å². The molecule has 2 aromatic carbocycles. The summed E-state index contributed by atoms with van der Waals surface area (Å²) in [5.41, 5.74) is 1.10. The Bertz CT molecular complexity index is 1060. The smallest absolute Gasteiger partial charge is 0.416 e. The molecule has 2 aromatic rings. The zero-order valence-electron chi connectivity index (χ0n) is 16.7. The Hall–Kier alpha value is -1.97. The van der Waals surface area contributed by atoms with Crippen LogP contribution in [0.4, 0.5) is 18.9 Å². The van der Waals surface area contributed by atoms with Gasteiger partial charge in [-0.1, -0.05) is 11.6 Å². The molecule has 0 radical (unpaired) electrons. The van der Waals surface area contributed by atoms with Crippen molar-refractivity contribution in [3.05, 3.63) is 52.0 Å². The van der Waals surface area contributed by atoms with Crippen molar-refractivity contribution in [3.8, 4) is 5.75 Å². The van der Waals surface area contributed by atoms with Gasteiger partial charge in [0.15, 0.2) is 0 Å². The molecule has 0 aromatic heterocycles. The van der Waals surface area contributed by atoms with Gasteiger partial charge < -0.3 is 9.64 Å². The van der Waals surface area contributed by atoms with Gasteiger partial charge in [0.2, 0.25) is 0 Å². The summed E-state index contributed by atoms with van der Waals surface area (Å²) in [5, 5.41) is -0.493. The normalized spacial score (nSPS) is 17.0. The van der Waals surface area contributed by atoms with Crippen LogP contribution in [-0.4, -0.2) is 40.6 Å². The Morgan fingerprint density at radius 2 is 1.87 bits per heavy atom. The number of sulfonamides is 1. The number of likely N-dealkylation sites (N-methyl/N-ethyl adjacent to an activating group) is 1. The molecule has 30 heavy (non-hydrogen) atoms. The minimum atomic E-state index is -4.61. The number of rotatable bonds is 5. The van der Waals surface area contributed by atoms with E-state index < -0.39 is 31.7 Å². The third-order valence-corrected chi connectivity index (χ3v) is 7.15. The van der Waals surface area contributed by atoms with Crippen molar-refractivity contribution in [2.45, 2.75) is 36.4 Å². The standard InChI is InChI=1S/C20H22ClF3N2O3S/c1-26(2)13-5-6-14-15(11-13)18(29-3)8-7-17(14)25-30(27,28)19-9-4-12(10-16(19)21)20(22,23)24/h4,7-10,13,25H,5-6,11H2,1-3H3/t13-/m0/s1. The number of nitrogens with one attached hydrogen (secondary N) is 1. The molecule has 0 saturated heterocycles. The molecule has 164 valence electrons. The average Bonchev–Trinajstić information content (AvgIpc) is 2.66. The SMILES string of the molecule is COc1ccc(NS(=O)(=O)c2ccc(C(F)(F)F)cc2Cl)c2c1C[C@@H](N(C)C)CC2. The predicted molar refractivity (Wildman–Crippen MR) is 110 cm³/mol. The van der Waals surface area contributed by atoms with Gasteiger partial charge in [0, 0.05) is 11.6 Å². The monoisotopic (exact) mass is 462 g/mol. The van der Waals surface area contributed by atoms with E-state index in [2.05, 4.69) is 9.62 Å². The maximum Gasteiger partial charge on any atom is 0.416 e. The second-order valence-electron chi connectivity index (χ2n) is 7.38. The van der Waals surface area contributed by atoms with Gasteiger partial charge in [-0.05, 0) is 69.3 Å². The maximum atomic E-state index is 12.9. The number of anilines is 1. The first-order valence-corrected chi connectivity index (χ1v) is 11.0. The second kappa shape index (κ2) is 8.28. The zero-order chi connectivity index (χ0) is 22.3. The van der Waals surface area contributed by atoms with Crippen LogP contribution in [0, 0.1) is 0 Å². The van der Waals surface area contributed by atoms with Crippen molar-refractivity contribution >= 4 is 27.3 Å². The van der Waals surface area contributed by atoms with E-state index in [1.165, 1.54) is 0 Å². The van der Waals surface area contributed by atoms with Crippen LogP contribution in [0.5, 0.6) is 5.75 Å². The molecule has 1 N–H and O–H groups in total. The van der Waals surface area contributed by atoms with Gasteiger partial charge in [-0.3, -0.25) is 4.72 Å². The minimum Gasteiger partial charge on any atom is -0.496 e. The number of fused-ring (bicyclic) bond motifs is 1. The lowest BCUT2D eigenvalue weighted by atomic mass is 9.86. The summed E-state index contributed by atoms with van der Waals surface area (Å²) in [5.74, 6) is 0.673. The Balaban J connectivity index is 1.98. The van der Waals surface area contributed by atoms with Crippen LogP contribution in [0.3, 0.4) is 0 Å². The quantitative estimate of drug-likeness (QED) is 0.706. The number of nitrogens with zero attached hydrogens (tertiary/aromatic N) is 1. The maximum absolute atomic E-state index is 12.9. The van der Waals surface area contributed by atoms with Crippen molar-refractivity contribution < 1.29 is 26.3 Å². The summed E-state index contributed by atoms with van der Waals surface area (Å²) in [6.07, 6.45) is -2.45. The highest BCUT2D eigenvalue weighted by molar-refractivity contribution is 7.92. The number of methoxy groups -OCH3 is 1. The molecule has 0 spiro atoms. The Labute approximate surface area is 178 Å².